The van der Waals surface area contributed by atoms with Gasteiger partial charge in [0.25, 0.3) is 0 Å². The zero-order chi connectivity index (χ0) is 10.8. The monoisotopic (exact) mass is 198 g/mol. The summed E-state index contributed by atoms with van der Waals surface area (Å²) in [5.41, 5.74) is 0.252. The van der Waals surface area contributed by atoms with Crippen molar-refractivity contribution in [2.45, 2.75) is 32.0 Å². The van der Waals surface area contributed by atoms with Gasteiger partial charge in [-0.2, -0.15) is 5.10 Å². The van der Waals surface area contributed by atoms with Crippen LogP contribution in [0, 0.1) is 0 Å². The van der Waals surface area contributed by atoms with Crippen LogP contribution >= 0.6 is 0 Å². The highest BCUT2D eigenvalue weighted by atomic mass is 16.5. The first-order chi connectivity index (χ1) is 6.53. The minimum atomic E-state index is -0.633. The van der Waals surface area contributed by atoms with Crippen molar-refractivity contribution >= 4 is 0 Å². The summed E-state index contributed by atoms with van der Waals surface area (Å²) in [6.07, 6.45) is 3.58. The van der Waals surface area contributed by atoms with Crippen molar-refractivity contribution in [2.24, 2.45) is 7.05 Å². The van der Waals surface area contributed by atoms with Gasteiger partial charge >= 0.3 is 0 Å². The summed E-state index contributed by atoms with van der Waals surface area (Å²) in [5.74, 6) is 0. The lowest BCUT2D eigenvalue weighted by atomic mass is 9.92. The Morgan fingerprint density at radius 2 is 2.36 bits per heavy atom. The topological polar surface area (TPSA) is 47.3 Å². The molecular formula is C10H18N2O2. The van der Waals surface area contributed by atoms with E-state index in [-0.39, 0.29) is 0 Å². The van der Waals surface area contributed by atoms with Crippen molar-refractivity contribution in [3.8, 4) is 0 Å². The molecule has 0 aromatic carbocycles. The van der Waals surface area contributed by atoms with Gasteiger partial charge in [0.2, 0.25) is 0 Å². The van der Waals surface area contributed by atoms with Gasteiger partial charge in [0.1, 0.15) is 6.10 Å². The van der Waals surface area contributed by atoms with Crippen molar-refractivity contribution in [2.75, 3.05) is 7.11 Å². The summed E-state index contributed by atoms with van der Waals surface area (Å²) >= 11 is 0. The maximum Gasteiger partial charge on any atom is 0.111 e. The second kappa shape index (κ2) is 4.11. The smallest absolute Gasteiger partial charge is 0.111 e. The fourth-order valence-corrected chi connectivity index (χ4v) is 1.38. The molecule has 1 N–H and O–H groups in total. The quantitative estimate of drug-likeness (QED) is 0.792. The third-order valence-electron chi connectivity index (χ3n) is 2.79. The Morgan fingerprint density at radius 1 is 1.71 bits per heavy atom. The SMILES string of the molecule is CCC(C)(OC)C(O)c1cnn(C)c1. The Kier molecular flexibility index (Phi) is 3.29. The van der Waals surface area contributed by atoms with E-state index in [2.05, 4.69) is 5.10 Å². The van der Waals surface area contributed by atoms with Crippen LogP contribution in [0.4, 0.5) is 0 Å². The van der Waals surface area contributed by atoms with E-state index in [0.717, 1.165) is 12.0 Å². The van der Waals surface area contributed by atoms with Crippen molar-refractivity contribution in [3.63, 3.8) is 0 Å². The molecule has 1 heterocycles. The summed E-state index contributed by atoms with van der Waals surface area (Å²) in [5, 5.41) is 14.1. The number of hydrogen-bond acceptors (Lipinski definition) is 3. The van der Waals surface area contributed by atoms with Crippen LogP contribution in [0.15, 0.2) is 12.4 Å². The number of ether oxygens (including phenoxy) is 1. The standard InChI is InChI=1S/C10H18N2O2/c1-5-10(2,14-4)9(13)8-6-11-12(3)7-8/h6-7,9,13H,5H2,1-4H3. The van der Waals surface area contributed by atoms with Gasteiger partial charge in [0.05, 0.1) is 11.8 Å². The van der Waals surface area contributed by atoms with Gasteiger partial charge < -0.3 is 9.84 Å². The molecule has 0 spiro atoms. The Hall–Kier alpha value is -0.870. The zero-order valence-electron chi connectivity index (χ0n) is 9.19. The molecule has 0 aliphatic rings. The molecule has 0 bridgehead atoms. The van der Waals surface area contributed by atoms with Crippen LogP contribution in [0.5, 0.6) is 0 Å². The van der Waals surface area contributed by atoms with Crippen LogP contribution in [0.2, 0.25) is 0 Å². The van der Waals surface area contributed by atoms with E-state index in [0.29, 0.717) is 0 Å². The molecule has 4 nitrogen and oxygen atoms in total. The molecule has 1 rings (SSSR count). The normalized spacial score (nSPS) is 17.8. The third-order valence-corrected chi connectivity index (χ3v) is 2.79. The molecule has 2 unspecified atom stereocenters. The highest BCUT2D eigenvalue weighted by Gasteiger charge is 2.32. The molecule has 0 saturated heterocycles. The number of aromatic nitrogens is 2. The van der Waals surface area contributed by atoms with Gasteiger partial charge in [-0.3, -0.25) is 4.68 Å². The number of nitrogens with zero attached hydrogens (tertiary/aromatic N) is 2. The summed E-state index contributed by atoms with van der Waals surface area (Å²) in [7, 11) is 3.44. The predicted molar refractivity (Wildman–Crippen MR) is 53.9 cm³/mol. The predicted octanol–water partition coefficient (Wildman–Crippen LogP) is 1.27. The fraction of sp³-hybridized carbons (Fsp3) is 0.700. The lowest BCUT2D eigenvalue weighted by Gasteiger charge is -2.31. The molecule has 4 heteroatoms. The average molecular weight is 198 g/mol. The van der Waals surface area contributed by atoms with E-state index >= 15 is 0 Å². The number of rotatable bonds is 4. The average Bonchev–Trinajstić information content (AvgIpc) is 2.62. The first-order valence-corrected chi connectivity index (χ1v) is 4.75. The Labute approximate surface area is 84.5 Å². The van der Waals surface area contributed by atoms with Crippen molar-refractivity contribution in [1.29, 1.82) is 0 Å². The molecule has 0 aliphatic heterocycles. The Balaban J connectivity index is 2.88. The van der Waals surface area contributed by atoms with E-state index < -0.39 is 11.7 Å². The maximum atomic E-state index is 10.1. The molecule has 80 valence electrons. The summed E-state index contributed by atoms with van der Waals surface area (Å²) in [6.45, 7) is 3.88. The maximum absolute atomic E-state index is 10.1. The number of methoxy groups -OCH3 is 1. The number of hydrogen-bond donors (Lipinski definition) is 1. The van der Waals surface area contributed by atoms with Crippen molar-refractivity contribution in [3.05, 3.63) is 18.0 Å². The molecule has 0 saturated carbocycles. The lowest BCUT2D eigenvalue weighted by Crippen LogP contribution is -2.34. The van der Waals surface area contributed by atoms with E-state index in [1.165, 1.54) is 0 Å². The van der Waals surface area contributed by atoms with Gasteiger partial charge in [-0.05, 0) is 13.3 Å². The van der Waals surface area contributed by atoms with Gasteiger partial charge in [-0.1, -0.05) is 6.92 Å². The highest BCUT2D eigenvalue weighted by Crippen LogP contribution is 2.30. The molecule has 0 aliphatic carbocycles. The lowest BCUT2D eigenvalue weighted by molar-refractivity contribution is -0.0944. The first-order valence-electron chi connectivity index (χ1n) is 4.75. The summed E-state index contributed by atoms with van der Waals surface area (Å²) in [6, 6.07) is 0. The highest BCUT2D eigenvalue weighted by molar-refractivity contribution is 5.12. The van der Waals surface area contributed by atoms with Crippen LogP contribution < -0.4 is 0 Å². The van der Waals surface area contributed by atoms with Crippen molar-refractivity contribution < 1.29 is 9.84 Å². The van der Waals surface area contributed by atoms with Crippen molar-refractivity contribution in [1.82, 2.24) is 9.78 Å². The Morgan fingerprint density at radius 3 is 2.71 bits per heavy atom. The summed E-state index contributed by atoms with van der Waals surface area (Å²) in [4.78, 5) is 0. The van der Waals surface area contributed by atoms with Gasteiger partial charge in [-0.15, -0.1) is 0 Å². The largest absolute Gasteiger partial charge is 0.385 e. The van der Waals surface area contributed by atoms with Gasteiger partial charge in [-0.25, -0.2) is 0 Å². The molecule has 14 heavy (non-hydrogen) atoms. The van der Waals surface area contributed by atoms with E-state index in [4.69, 9.17) is 4.74 Å². The van der Waals surface area contributed by atoms with E-state index in [1.54, 1.807) is 24.2 Å². The fourth-order valence-electron chi connectivity index (χ4n) is 1.38. The minimum absolute atomic E-state index is 0.539. The van der Waals surface area contributed by atoms with Crippen LogP contribution in [-0.4, -0.2) is 27.6 Å². The molecule has 1 aromatic heterocycles. The zero-order valence-corrected chi connectivity index (χ0v) is 9.19. The molecule has 2 atom stereocenters. The van der Waals surface area contributed by atoms with Crippen LogP contribution in [0.1, 0.15) is 31.9 Å². The minimum Gasteiger partial charge on any atom is -0.385 e. The third kappa shape index (κ3) is 1.96. The van der Waals surface area contributed by atoms with Crippen LogP contribution in [-0.2, 0) is 11.8 Å². The van der Waals surface area contributed by atoms with Crippen LogP contribution in [0.25, 0.3) is 0 Å². The van der Waals surface area contributed by atoms with Gasteiger partial charge in [0, 0.05) is 25.9 Å². The second-order valence-corrected chi connectivity index (χ2v) is 3.72. The summed E-state index contributed by atoms with van der Waals surface area (Å²) < 4.78 is 7.00. The second-order valence-electron chi connectivity index (χ2n) is 3.72. The molecule has 1 aromatic rings. The molecule has 0 radical (unpaired) electrons. The van der Waals surface area contributed by atoms with E-state index in [1.807, 2.05) is 20.9 Å². The molecular weight excluding hydrogens is 180 g/mol. The number of aryl methyl sites for hydroxylation is 1. The first kappa shape index (κ1) is 11.2. The van der Waals surface area contributed by atoms with Gasteiger partial charge in [0.15, 0.2) is 0 Å². The van der Waals surface area contributed by atoms with Crippen LogP contribution in [0.3, 0.4) is 0 Å². The molecule has 0 amide bonds. The Bertz CT molecular complexity index is 292. The van der Waals surface area contributed by atoms with E-state index in [9.17, 15) is 5.11 Å². The number of aliphatic hydroxyl groups is 1. The molecule has 0 fully saturated rings. The number of aliphatic hydroxyl groups excluding tert-OH is 1.